The lowest BCUT2D eigenvalue weighted by atomic mass is 9.99. The maximum absolute atomic E-state index is 4.56. The molecular weight excluding hydrogens is 713 g/mol. The fourth-order valence-corrected chi connectivity index (χ4v) is 8.33. The fraction of sp³-hybridized carbons (Fsp3) is 0.0526. The van der Waals surface area contributed by atoms with Crippen LogP contribution in [0.25, 0.3) is 88.3 Å². The summed E-state index contributed by atoms with van der Waals surface area (Å²) >= 11 is 0. The summed E-state index contributed by atoms with van der Waals surface area (Å²) in [5.41, 5.74) is 15.0. The van der Waals surface area contributed by atoms with Gasteiger partial charge in [-0.05, 0) is 123 Å². The zero-order chi connectivity index (χ0) is 40.3. The largest absolute Gasteiger partial charge is 0.317 e. The van der Waals surface area contributed by atoms with Gasteiger partial charge in [-0.15, -0.1) is 0 Å². The second kappa shape index (κ2) is 16.2. The van der Waals surface area contributed by atoms with Gasteiger partial charge in [0.1, 0.15) is 0 Å². The highest BCUT2D eigenvalue weighted by molar-refractivity contribution is 6.22. The Labute approximate surface area is 347 Å². The summed E-state index contributed by atoms with van der Waals surface area (Å²) < 4.78 is 4.70. The Morgan fingerprint density at radius 2 is 1.03 bits per heavy atom. The van der Waals surface area contributed by atoms with Crippen molar-refractivity contribution < 1.29 is 0 Å². The summed E-state index contributed by atoms with van der Waals surface area (Å²) in [5, 5.41) is 6.14. The lowest BCUT2D eigenvalue weighted by molar-refractivity contribution is 1.13. The topological polar surface area (TPSA) is 9.86 Å². The first-order chi connectivity index (χ1) is 29.1. The van der Waals surface area contributed by atoms with Gasteiger partial charge in [0.05, 0.1) is 16.6 Å². The van der Waals surface area contributed by atoms with Crippen molar-refractivity contribution in [1.82, 2.24) is 9.13 Å². The molecule has 0 bridgehead atoms. The number of benzene rings is 8. The lowest BCUT2D eigenvalue weighted by Gasteiger charge is -2.13. The Hall–Kier alpha value is -7.42. The minimum Gasteiger partial charge on any atom is -0.317 e. The smallest absolute Gasteiger partial charge is 0.0547 e. The van der Waals surface area contributed by atoms with Crippen LogP contribution in [-0.2, 0) is 0 Å². The van der Waals surface area contributed by atoms with Gasteiger partial charge in [0.2, 0.25) is 0 Å². The molecule has 59 heavy (non-hydrogen) atoms. The van der Waals surface area contributed by atoms with Crippen LogP contribution in [0, 0.1) is 0 Å². The highest BCUT2D eigenvalue weighted by Crippen LogP contribution is 2.40. The van der Waals surface area contributed by atoms with E-state index in [0.717, 1.165) is 33.6 Å². The summed E-state index contributed by atoms with van der Waals surface area (Å²) in [6.07, 6.45) is 6.72. The van der Waals surface area contributed by atoms with Gasteiger partial charge in [0.25, 0.3) is 0 Å². The van der Waals surface area contributed by atoms with Crippen molar-refractivity contribution in [2.24, 2.45) is 0 Å². The van der Waals surface area contributed by atoms with Crippen LogP contribution in [0.3, 0.4) is 0 Å². The minimum atomic E-state index is 0.961. The van der Waals surface area contributed by atoms with E-state index in [1.54, 1.807) is 0 Å². The average Bonchev–Trinajstić information content (AvgIpc) is 3.89. The van der Waals surface area contributed by atoms with Crippen molar-refractivity contribution in [3.8, 4) is 27.9 Å². The minimum absolute atomic E-state index is 0.961. The molecule has 8 aromatic carbocycles. The Kier molecular flexibility index (Phi) is 10.2. The Bertz CT molecular complexity index is 3160. The Balaban J connectivity index is 0.00000221. The molecule has 0 saturated carbocycles. The predicted octanol–water partition coefficient (Wildman–Crippen LogP) is 15.9. The van der Waals surface area contributed by atoms with Crippen LogP contribution >= 0.6 is 0 Å². The molecule has 0 unspecified atom stereocenters. The molecule has 0 aliphatic heterocycles. The van der Waals surface area contributed by atoms with Crippen LogP contribution in [0.1, 0.15) is 31.9 Å². The maximum Gasteiger partial charge on any atom is 0.0547 e. The molecule has 0 saturated heterocycles. The van der Waals surface area contributed by atoms with Gasteiger partial charge >= 0.3 is 0 Å². The van der Waals surface area contributed by atoms with E-state index in [1.807, 2.05) is 13.8 Å². The molecule has 0 amide bonds. The standard InChI is InChI=1S/C55H40N2.C2H6/c1-38(40-14-6-3-7-15-40)34-49(35-39(2)41-16-8-4-9-17-41)57-53-30-26-46(37-51(53)55-50-21-13-12-20-44(50)24-31-54(55)57)45-25-29-52-47(36-45)32-33-56(52)48-27-22-43(23-28-48)42-18-10-5-11-19-42;1-2/h3-37H,1H2,2H3;1-2H3/b39-35+,49-34+;. The molecule has 10 rings (SSSR count). The van der Waals surface area contributed by atoms with Crippen molar-refractivity contribution in [3.05, 3.63) is 230 Å². The summed E-state index contributed by atoms with van der Waals surface area (Å²) in [5.74, 6) is 0. The van der Waals surface area contributed by atoms with E-state index in [9.17, 15) is 0 Å². The van der Waals surface area contributed by atoms with Crippen LogP contribution in [-0.4, -0.2) is 9.13 Å². The van der Waals surface area contributed by atoms with E-state index >= 15 is 0 Å². The summed E-state index contributed by atoms with van der Waals surface area (Å²) in [4.78, 5) is 0. The number of hydrogen-bond donors (Lipinski definition) is 0. The van der Waals surface area contributed by atoms with Gasteiger partial charge in [-0.1, -0.05) is 166 Å². The monoisotopic (exact) mass is 758 g/mol. The van der Waals surface area contributed by atoms with Crippen molar-refractivity contribution in [2.45, 2.75) is 20.8 Å². The quantitative estimate of drug-likeness (QED) is 0.137. The third kappa shape index (κ3) is 7.11. The van der Waals surface area contributed by atoms with E-state index in [1.165, 1.54) is 65.8 Å². The Morgan fingerprint density at radius 1 is 0.458 bits per heavy atom. The van der Waals surface area contributed by atoms with E-state index < -0.39 is 0 Å². The molecular formula is C57H46N2. The number of rotatable bonds is 8. The van der Waals surface area contributed by atoms with Gasteiger partial charge < -0.3 is 9.13 Å². The zero-order valence-electron chi connectivity index (χ0n) is 33.8. The number of nitrogens with zero attached hydrogens (tertiary/aromatic N) is 2. The van der Waals surface area contributed by atoms with Gasteiger partial charge in [-0.2, -0.15) is 0 Å². The molecule has 0 fully saturated rings. The molecule has 0 N–H and O–H groups in total. The number of allylic oxidation sites excluding steroid dienone is 5. The van der Waals surface area contributed by atoms with E-state index in [-0.39, 0.29) is 0 Å². The third-order valence-corrected chi connectivity index (χ3v) is 11.2. The van der Waals surface area contributed by atoms with E-state index in [0.29, 0.717) is 0 Å². The van der Waals surface area contributed by atoms with Gasteiger partial charge in [-0.25, -0.2) is 0 Å². The average molecular weight is 759 g/mol. The van der Waals surface area contributed by atoms with E-state index in [4.69, 9.17) is 0 Å². The molecule has 2 heterocycles. The predicted molar refractivity (Wildman–Crippen MR) is 256 cm³/mol. The number of fused-ring (bicyclic) bond motifs is 6. The molecule has 0 aliphatic rings. The normalized spacial score (nSPS) is 11.9. The van der Waals surface area contributed by atoms with Crippen molar-refractivity contribution >= 4 is 60.3 Å². The first kappa shape index (κ1) is 37.2. The van der Waals surface area contributed by atoms with Crippen LogP contribution < -0.4 is 0 Å². The summed E-state index contributed by atoms with van der Waals surface area (Å²) in [7, 11) is 0. The molecule has 0 spiro atoms. The lowest BCUT2D eigenvalue weighted by Crippen LogP contribution is -1.97. The summed E-state index contributed by atoms with van der Waals surface area (Å²) in [6, 6.07) is 69.7. The first-order valence-corrected chi connectivity index (χ1v) is 20.5. The molecule has 0 atom stereocenters. The number of hydrogen-bond acceptors (Lipinski definition) is 0. The van der Waals surface area contributed by atoms with Crippen LogP contribution in [0.4, 0.5) is 0 Å². The molecule has 284 valence electrons. The zero-order valence-corrected chi connectivity index (χ0v) is 33.8. The molecule has 2 nitrogen and oxygen atoms in total. The molecule has 2 heteroatoms. The summed E-state index contributed by atoms with van der Waals surface area (Å²) in [6.45, 7) is 10.8. The van der Waals surface area contributed by atoms with Crippen LogP contribution in [0.5, 0.6) is 0 Å². The van der Waals surface area contributed by atoms with Crippen molar-refractivity contribution in [2.75, 3.05) is 0 Å². The van der Waals surface area contributed by atoms with Crippen molar-refractivity contribution in [3.63, 3.8) is 0 Å². The highest BCUT2D eigenvalue weighted by Gasteiger charge is 2.18. The van der Waals surface area contributed by atoms with E-state index in [2.05, 4.69) is 235 Å². The molecule has 10 aromatic rings. The highest BCUT2D eigenvalue weighted by atomic mass is 15.0. The SMILES string of the molecule is C=C(/C=C(\C=C(/C)c1ccccc1)n1c2ccc(-c3ccc4c(ccn4-c4ccc(-c5ccccc5)cc4)c3)cc2c2c3ccccc3ccc21)c1ccccc1.CC. The number of aromatic nitrogens is 2. The van der Waals surface area contributed by atoms with Crippen LogP contribution in [0.15, 0.2) is 219 Å². The van der Waals surface area contributed by atoms with Crippen molar-refractivity contribution in [1.29, 1.82) is 0 Å². The van der Waals surface area contributed by atoms with Crippen LogP contribution in [0.2, 0.25) is 0 Å². The van der Waals surface area contributed by atoms with Gasteiger partial charge in [-0.3, -0.25) is 0 Å². The fourth-order valence-electron chi connectivity index (χ4n) is 8.33. The second-order valence-electron chi connectivity index (χ2n) is 14.8. The first-order valence-electron chi connectivity index (χ1n) is 20.5. The maximum atomic E-state index is 4.56. The van der Waals surface area contributed by atoms with Gasteiger partial charge in [0.15, 0.2) is 0 Å². The molecule has 2 aromatic heterocycles. The Morgan fingerprint density at radius 3 is 1.76 bits per heavy atom. The second-order valence-corrected chi connectivity index (χ2v) is 14.8. The molecule has 0 radical (unpaired) electrons. The van der Waals surface area contributed by atoms with Gasteiger partial charge in [0, 0.05) is 33.7 Å². The third-order valence-electron chi connectivity index (χ3n) is 11.2. The molecule has 0 aliphatic carbocycles.